The van der Waals surface area contributed by atoms with E-state index in [-0.39, 0.29) is 18.2 Å². The number of aliphatic hydroxyl groups is 1. The lowest BCUT2D eigenvalue weighted by molar-refractivity contribution is 0.169. The van der Waals surface area contributed by atoms with Gasteiger partial charge in [0, 0.05) is 47.0 Å². The number of pyridine rings is 1. The standard InChI is InChI=1S/C46H35FN6OS/c47-37-22-18-31(19-23-37)44-38(30-53(51-44)46(34-11-4-1-5-12-34,35-13-6-2-7-14-35)36-15-8-3-9-16-36)33-21-25-43-49-28-40(52(43)29-33)32-20-24-39-42(27-32)55-45(50-39)41(54)17-10-26-48/h1-9,11-15,18-25,27-30,36,41,54H,10,16-17H2/t36?,41-/m0/s1. The predicted molar refractivity (Wildman–Crippen MR) is 216 cm³/mol. The van der Waals surface area contributed by atoms with Gasteiger partial charge in [-0.2, -0.15) is 10.4 Å². The maximum absolute atomic E-state index is 14.4. The number of hydrogen-bond acceptors (Lipinski definition) is 6. The van der Waals surface area contributed by atoms with Crippen molar-refractivity contribution in [2.24, 2.45) is 5.92 Å². The molecule has 1 aliphatic carbocycles. The number of hydrogen-bond donors (Lipinski definition) is 1. The number of fused-ring (bicyclic) bond motifs is 2. The molecule has 9 heteroatoms. The molecule has 8 aromatic rings. The van der Waals surface area contributed by atoms with Crippen LogP contribution in [0.3, 0.4) is 0 Å². The summed E-state index contributed by atoms with van der Waals surface area (Å²) in [6, 6.07) is 39.9. The van der Waals surface area contributed by atoms with E-state index >= 15 is 0 Å². The van der Waals surface area contributed by atoms with Crippen LogP contribution in [0.5, 0.6) is 0 Å². The van der Waals surface area contributed by atoms with Gasteiger partial charge in [0.15, 0.2) is 0 Å². The number of nitriles is 1. The average Bonchev–Trinajstić information content (AvgIpc) is 3.99. The summed E-state index contributed by atoms with van der Waals surface area (Å²) in [7, 11) is 0. The van der Waals surface area contributed by atoms with E-state index in [1.54, 1.807) is 12.1 Å². The van der Waals surface area contributed by atoms with Gasteiger partial charge in [0.2, 0.25) is 0 Å². The van der Waals surface area contributed by atoms with Crippen LogP contribution in [-0.2, 0) is 5.54 Å². The Labute approximate surface area is 321 Å². The number of halogens is 1. The number of benzene rings is 4. The molecule has 0 saturated heterocycles. The van der Waals surface area contributed by atoms with Gasteiger partial charge in [-0.1, -0.05) is 91.0 Å². The summed E-state index contributed by atoms with van der Waals surface area (Å²) in [5.74, 6) is -0.272. The topological polar surface area (TPSA) is 92.0 Å². The van der Waals surface area contributed by atoms with Crippen LogP contribution in [0.1, 0.15) is 41.5 Å². The van der Waals surface area contributed by atoms with E-state index < -0.39 is 11.6 Å². The van der Waals surface area contributed by atoms with Gasteiger partial charge in [0.1, 0.15) is 33.8 Å². The van der Waals surface area contributed by atoms with Crippen LogP contribution >= 0.6 is 11.3 Å². The number of imidazole rings is 1. The Bertz CT molecular complexity index is 2700. The smallest absolute Gasteiger partial charge is 0.137 e. The lowest BCUT2D eigenvalue weighted by atomic mass is 9.70. The summed E-state index contributed by atoms with van der Waals surface area (Å²) in [6.45, 7) is 0. The first kappa shape index (κ1) is 34.3. The maximum Gasteiger partial charge on any atom is 0.137 e. The molecule has 0 amide bonds. The van der Waals surface area contributed by atoms with Crippen LogP contribution in [0.25, 0.3) is 49.5 Å². The molecular weight excluding hydrogens is 704 g/mol. The monoisotopic (exact) mass is 738 g/mol. The Kier molecular flexibility index (Phi) is 8.98. The summed E-state index contributed by atoms with van der Waals surface area (Å²) in [6.07, 6.45) is 15.5. The van der Waals surface area contributed by atoms with E-state index in [0.29, 0.717) is 11.4 Å². The second-order valence-electron chi connectivity index (χ2n) is 13.7. The van der Waals surface area contributed by atoms with Gasteiger partial charge in [-0.15, -0.1) is 11.3 Å². The first-order valence-electron chi connectivity index (χ1n) is 18.3. The van der Waals surface area contributed by atoms with E-state index in [9.17, 15) is 9.50 Å². The van der Waals surface area contributed by atoms with Gasteiger partial charge in [-0.25, -0.2) is 14.4 Å². The van der Waals surface area contributed by atoms with Crippen LogP contribution in [0.15, 0.2) is 158 Å². The molecule has 0 fully saturated rings. The largest absolute Gasteiger partial charge is 0.386 e. The number of nitrogens with zero attached hydrogens (tertiary/aromatic N) is 6. The third kappa shape index (κ3) is 6.15. The molecule has 4 heterocycles. The van der Waals surface area contributed by atoms with Crippen molar-refractivity contribution in [2.75, 3.05) is 0 Å². The fourth-order valence-electron chi connectivity index (χ4n) is 7.81. The van der Waals surface area contributed by atoms with Crippen molar-refractivity contribution in [3.05, 3.63) is 180 Å². The van der Waals surface area contributed by atoms with Crippen LogP contribution in [0, 0.1) is 23.1 Å². The van der Waals surface area contributed by atoms with Gasteiger partial charge in [-0.3, -0.25) is 9.08 Å². The molecule has 9 rings (SSSR count). The van der Waals surface area contributed by atoms with Crippen LogP contribution in [0.2, 0.25) is 0 Å². The number of allylic oxidation sites excluding steroid dienone is 4. The zero-order valence-corrected chi connectivity index (χ0v) is 30.5. The van der Waals surface area contributed by atoms with E-state index in [4.69, 9.17) is 15.3 Å². The number of thiazole rings is 1. The fourth-order valence-corrected chi connectivity index (χ4v) is 8.84. The summed E-state index contributed by atoms with van der Waals surface area (Å²) < 4.78 is 19.5. The molecule has 1 aliphatic rings. The molecule has 2 atom stereocenters. The zero-order valence-electron chi connectivity index (χ0n) is 29.7. The highest BCUT2D eigenvalue weighted by atomic mass is 32.1. The van der Waals surface area contributed by atoms with E-state index in [1.165, 1.54) is 23.5 Å². The quantitative estimate of drug-likeness (QED) is 0.151. The molecule has 7 nitrogen and oxygen atoms in total. The van der Waals surface area contributed by atoms with Gasteiger partial charge in [-0.05, 0) is 72.5 Å². The summed E-state index contributed by atoms with van der Waals surface area (Å²) in [5.41, 5.74) is 8.31. The zero-order chi connectivity index (χ0) is 37.4. The molecule has 1 unspecified atom stereocenters. The van der Waals surface area contributed by atoms with Crippen molar-refractivity contribution >= 4 is 27.2 Å². The molecule has 0 bridgehead atoms. The van der Waals surface area contributed by atoms with E-state index in [2.05, 4.69) is 117 Å². The summed E-state index contributed by atoms with van der Waals surface area (Å²) >= 11 is 1.44. The second-order valence-corrected chi connectivity index (χ2v) is 14.8. The first-order chi connectivity index (χ1) is 27.0. The highest BCUT2D eigenvalue weighted by molar-refractivity contribution is 7.18. The van der Waals surface area contributed by atoms with E-state index in [1.807, 2.05) is 36.5 Å². The van der Waals surface area contributed by atoms with Gasteiger partial charge in [0.05, 0.1) is 28.2 Å². The van der Waals surface area contributed by atoms with Crippen LogP contribution in [-0.4, -0.2) is 29.3 Å². The predicted octanol–water partition coefficient (Wildman–Crippen LogP) is 10.5. The van der Waals surface area contributed by atoms with E-state index in [0.717, 1.165) is 67.1 Å². The number of aromatic nitrogens is 5. The minimum atomic E-state index is -0.775. The lowest BCUT2D eigenvalue weighted by Crippen LogP contribution is -2.43. The van der Waals surface area contributed by atoms with Crippen molar-refractivity contribution in [2.45, 2.75) is 30.9 Å². The molecule has 55 heavy (non-hydrogen) atoms. The van der Waals surface area contributed by atoms with Crippen molar-refractivity contribution in [1.29, 1.82) is 5.26 Å². The van der Waals surface area contributed by atoms with Gasteiger partial charge < -0.3 is 5.11 Å². The highest BCUT2D eigenvalue weighted by Crippen LogP contribution is 2.46. The molecule has 4 aromatic carbocycles. The third-order valence-corrected chi connectivity index (χ3v) is 11.6. The van der Waals surface area contributed by atoms with Crippen molar-refractivity contribution < 1.29 is 9.50 Å². The normalized spacial score (nSPS) is 14.7. The molecule has 4 aromatic heterocycles. The van der Waals surface area contributed by atoms with Crippen LogP contribution in [0.4, 0.5) is 4.39 Å². The van der Waals surface area contributed by atoms with Gasteiger partial charge >= 0.3 is 0 Å². The third-order valence-electron chi connectivity index (χ3n) is 10.5. The van der Waals surface area contributed by atoms with Gasteiger partial charge in [0.25, 0.3) is 0 Å². The Morgan fingerprint density at radius 2 is 1.60 bits per heavy atom. The fraction of sp³-hybridized carbons (Fsp3) is 0.130. The average molecular weight is 739 g/mol. The highest BCUT2D eigenvalue weighted by Gasteiger charge is 2.44. The lowest BCUT2D eigenvalue weighted by Gasteiger charge is -2.41. The molecular formula is C46H35FN6OS. The van der Waals surface area contributed by atoms with Crippen molar-refractivity contribution in [3.8, 4) is 39.7 Å². The SMILES string of the molecule is N#CCC[C@H](O)c1nc2ccc(-c3cnc4ccc(-c5cn(C(c6ccccc6)(c6ccccc6)C6C=CC=CC6)nc5-c5ccc(F)cc5)cn34)cc2s1. The Morgan fingerprint density at radius 3 is 2.31 bits per heavy atom. The number of aliphatic hydroxyl groups excluding tert-OH is 1. The molecule has 1 N–H and O–H groups in total. The molecule has 0 saturated carbocycles. The molecule has 0 spiro atoms. The van der Waals surface area contributed by atoms with Crippen LogP contribution < -0.4 is 0 Å². The Hall–Kier alpha value is -6.47. The second kappa shape index (κ2) is 14.4. The maximum atomic E-state index is 14.4. The molecule has 0 radical (unpaired) electrons. The molecule has 268 valence electrons. The summed E-state index contributed by atoms with van der Waals surface area (Å²) in [4.78, 5) is 9.40. The summed E-state index contributed by atoms with van der Waals surface area (Å²) in [5, 5.41) is 25.7. The Morgan fingerprint density at radius 1 is 0.873 bits per heavy atom. The minimum Gasteiger partial charge on any atom is -0.386 e. The first-order valence-corrected chi connectivity index (χ1v) is 19.1. The Balaban J connectivity index is 1.23. The minimum absolute atomic E-state index is 0.0356. The number of rotatable bonds is 10. The molecule has 0 aliphatic heterocycles. The van der Waals surface area contributed by atoms with Crippen molar-refractivity contribution in [3.63, 3.8) is 0 Å². The van der Waals surface area contributed by atoms with Crippen molar-refractivity contribution in [1.82, 2.24) is 24.1 Å².